The average Bonchev–Trinajstić information content (AvgIpc) is 3.17. The smallest absolute Gasteiger partial charge is 0.384 e. The maximum absolute atomic E-state index is 14.0. The average molecular weight is 490 g/mol. The predicted molar refractivity (Wildman–Crippen MR) is 122 cm³/mol. The van der Waals surface area contributed by atoms with Crippen LogP contribution in [0.2, 0.25) is 0 Å². The second kappa shape index (κ2) is 9.50. The normalized spacial score (nSPS) is 19.7. The van der Waals surface area contributed by atoms with Crippen molar-refractivity contribution in [1.29, 1.82) is 5.26 Å². The van der Waals surface area contributed by atoms with Gasteiger partial charge >= 0.3 is 6.18 Å². The summed E-state index contributed by atoms with van der Waals surface area (Å²) < 4.78 is 59.9. The van der Waals surface area contributed by atoms with Crippen molar-refractivity contribution < 1.29 is 27.1 Å². The molecule has 2 fully saturated rings. The SMILES string of the molecule is COCC1CN(c2ccc(C#N)c(C(F)(F)F)c2)CC12CCN(C(=O)c1ccc(C)c(F)c1)CC2. The maximum atomic E-state index is 14.0. The number of likely N-dealkylation sites (tertiary alicyclic amines) is 1. The Bertz CT molecular complexity index is 1150. The molecule has 0 saturated carbocycles. The van der Waals surface area contributed by atoms with Crippen LogP contribution in [-0.4, -0.2) is 50.7 Å². The van der Waals surface area contributed by atoms with Crippen molar-refractivity contribution in [3.63, 3.8) is 0 Å². The quantitative estimate of drug-likeness (QED) is 0.566. The number of piperidine rings is 1. The Morgan fingerprint density at radius 3 is 2.51 bits per heavy atom. The Morgan fingerprint density at radius 2 is 1.91 bits per heavy atom. The number of nitrogens with zero attached hydrogens (tertiary/aromatic N) is 3. The van der Waals surface area contributed by atoms with E-state index in [0.717, 1.165) is 6.07 Å². The fourth-order valence-corrected chi connectivity index (χ4v) is 5.35. The zero-order chi connectivity index (χ0) is 25.4. The molecule has 1 spiro atoms. The van der Waals surface area contributed by atoms with Gasteiger partial charge in [0, 0.05) is 50.5 Å². The number of aryl methyl sites for hydroxylation is 1. The summed E-state index contributed by atoms with van der Waals surface area (Å²) in [5, 5.41) is 9.10. The zero-order valence-corrected chi connectivity index (χ0v) is 19.7. The summed E-state index contributed by atoms with van der Waals surface area (Å²) in [5.41, 5.74) is -0.359. The molecule has 35 heavy (non-hydrogen) atoms. The Labute approximate surface area is 201 Å². The fraction of sp³-hybridized carbons (Fsp3) is 0.462. The lowest BCUT2D eigenvalue weighted by Crippen LogP contribution is -2.47. The van der Waals surface area contributed by atoms with Crippen LogP contribution >= 0.6 is 0 Å². The third-order valence-electron chi connectivity index (χ3n) is 7.44. The molecule has 186 valence electrons. The first-order valence-electron chi connectivity index (χ1n) is 11.5. The van der Waals surface area contributed by atoms with Crippen molar-refractivity contribution in [1.82, 2.24) is 4.90 Å². The van der Waals surface area contributed by atoms with Crippen molar-refractivity contribution in [2.45, 2.75) is 25.9 Å². The van der Waals surface area contributed by atoms with Crippen molar-refractivity contribution >= 4 is 11.6 Å². The third kappa shape index (κ3) is 4.85. The van der Waals surface area contributed by atoms with Crippen LogP contribution in [0.4, 0.5) is 23.2 Å². The highest BCUT2D eigenvalue weighted by Gasteiger charge is 2.49. The molecule has 5 nitrogen and oxygen atoms in total. The van der Waals surface area contributed by atoms with Gasteiger partial charge in [0.15, 0.2) is 0 Å². The van der Waals surface area contributed by atoms with Crippen LogP contribution in [0.3, 0.4) is 0 Å². The number of halogens is 4. The number of methoxy groups -OCH3 is 1. The van der Waals surface area contributed by atoms with E-state index in [2.05, 4.69) is 0 Å². The number of alkyl halides is 3. The lowest BCUT2D eigenvalue weighted by atomic mass is 9.71. The monoisotopic (exact) mass is 489 g/mol. The minimum absolute atomic E-state index is 0.0755. The van der Waals surface area contributed by atoms with Gasteiger partial charge in [0.2, 0.25) is 0 Å². The highest BCUT2D eigenvalue weighted by atomic mass is 19.4. The van der Waals surface area contributed by atoms with Crippen LogP contribution in [-0.2, 0) is 10.9 Å². The fourth-order valence-electron chi connectivity index (χ4n) is 5.35. The molecule has 0 aromatic heterocycles. The second-order valence-corrected chi connectivity index (χ2v) is 9.49. The molecule has 0 aliphatic carbocycles. The van der Waals surface area contributed by atoms with Crippen molar-refractivity contribution in [3.8, 4) is 6.07 Å². The molecule has 1 amide bonds. The van der Waals surface area contributed by atoms with Crippen molar-refractivity contribution in [2.24, 2.45) is 11.3 Å². The van der Waals surface area contributed by atoms with Crippen LogP contribution in [0, 0.1) is 35.4 Å². The lowest BCUT2D eigenvalue weighted by Gasteiger charge is -2.42. The highest BCUT2D eigenvalue weighted by Crippen LogP contribution is 2.47. The molecular formula is C26H27F4N3O2. The number of ether oxygens (including phenoxy) is 1. The molecule has 1 atom stereocenters. The summed E-state index contributed by atoms with van der Waals surface area (Å²) in [6.07, 6.45) is -3.29. The Hall–Kier alpha value is -3.12. The number of hydrogen-bond donors (Lipinski definition) is 0. The second-order valence-electron chi connectivity index (χ2n) is 9.49. The molecule has 2 heterocycles. The minimum atomic E-state index is -4.62. The molecule has 4 rings (SSSR count). The molecule has 0 radical (unpaired) electrons. The Morgan fingerprint density at radius 1 is 1.20 bits per heavy atom. The number of anilines is 1. The van der Waals surface area contributed by atoms with E-state index in [0.29, 0.717) is 62.4 Å². The molecule has 2 aliphatic rings. The number of hydrogen-bond acceptors (Lipinski definition) is 4. The largest absolute Gasteiger partial charge is 0.417 e. The van der Waals surface area contributed by atoms with Crippen LogP contribution < -0.4 is 4.90 Å². The summed E-state index contributed by atoms with van der Waals surface area (Å²) >= 11 is 0. The van der Waals surface area contributed by atoms with Crippen LogP contribution in [0.5, 0.6) is 0 Å². The summed E-state index contributed by atoms with van der Waals surface area (Å²) in [6, 6.07) is 9.92. The first kappa shape index (κ1) is 25.0. The molecule has 2 saturated heterocycles. The molecule has 1 unspecified atom stereocenters. The number of carbonyl (C=O) groups is 1. The number of rotatable bonds is 4. The van der Waals surface area contributed by atoms with Gasteiger partial charge < -0.3 is 14.5 Å². The van der Waals surface area contributed by atoms with Gasteiger partial charge in [-0.3, -0.25) is 4.79 Å². The van der Waals surface area contributed by atoms with E-state index < -0.39 is 23.1 Å². The summed E-state index contributed by atoms with van der Waals surface area (Å²) in [6.45, 7) is 4.10. The molecule has 2 aromatic rings. The molecule has 2 aliphatic heterocycles. The molecular weight excluding hydrogens is 462 g/mol. The summed E-state index contributed by atoms with van der Waals surface area (Å²) in [4.78, 5) is 16.6. The van der Waals surface area contributed by atoms with Crippen molar-refractivity contribution in [3.05, 3.63) is 64.5 Å². The van der Waals surface area contributed by atoms with E-state index in [4.69, 9.17) is 10.00 Å². The van der Waals surface area contributed by atoms with E-state index in [9.17, 15) is 22.4 Å². The first-order chi connectivity index (χ1) is 16.6. The first-order valence-corrected chi connectivity index (χ1v) is 11.5. The Kier molecular flexibility index (Phi) is 6.78. The van der Waals surface area contributed by atoms with Gasteiger partial charge in [0.05, 0.1) is 23.8 Å². The van der Waals surface area contributed by atoms with Gasteiger partial charge in [-0.15, -0.1) is 0 Å². The van der Waals surface area contributed by atoms with E-state index in [1.807, 2.05) is 4.90 Å². The van der Waals surface area contributed by atoms with E-state index >= 15 is 0 Å². The number of benzene rings is 2. The minimum Gasteiger partial charge on any atom is -0.384 e. The Balaban J connectivity index is 1.53. The van der Waals surface area contributed by atoms with Crippen LogP contribution in [0.1, 0.15) is 39.9 Å². The van der Waals surface area contributed by atoms with Gasteiger partial charge in [-0.2, -0.15) is 18.4 Å². The highest BCUT2D eigenvalue weighted by molar-refractivity contribution is 5.94. The van der Waals surface area contributed by atoms with Crippen LogP contribution in [0.15, 0.2) is 36.4 Å². The molecule has 2 aromatic carbocycles. The molecule has 9 heteroatoms. The number of amides is 1. The van der Waals surface area contributed by atoms with E-state index in [-0.39, 0.29) is 17.2 Å². The van der Waals surface area contributed by atoms with Gasteiger partial charge in [-0.05, 0) is 61.1 Å². The number of nitriles is 1. The third-order valence-corrected chi connectivity index (χ3v) is 7.44. The topological polar surface area (TPSA) is 56.6 Å². The predicted octanol–water partition coefficient (Wildman–Crippen LogP) is 5.03. The number of carbonyl (C=O) groups excluding carboxylic acids is 1. The van der Waals surface area contributed by atoms with Gasteiger partial charge in [0.1, 0.15) is 5.82 Å². The van der Waals surface area contributed by atoms with Gasteiger partial charge in [0.25, 0.3) is 5.91 Å². The summed E-state index contributed by atoms with van der Waals surface area (Å²) in [7, 11) is 1.60. The summed E-state index contributed by atoms with van der Waals surface area (Å²) in [5.74, 6) is -0.568. The van der Waals surface area contributed by atoms with Gasteiger partial charge in [-0.1, -0.05) is 6.07 Å². The lowest BCUT2D eigenvalue weighted by molar-refractivity contribution is -0.137. The van der Waals surface area contributed by atoms with Gasteiger partial charge in [-0.25, -0.2) is 4.39 Å². The maximum Gasteiger partial charge on any atom is 0.417 e. The van der Waals surface area contributed by atoms with Crippen molar-refractivity contribution in [2.75, 3.05) is 44.8 Å². The van der Waals surface area contributed by atoms with Crippen LogP contribution in [0.25, 0.3) is 0 Å². The molecule has 0 bridgehead atoms. The zero-order valence-electron chi connectivity index (χ0n) is 19.7. The molecule has 0 N–H and O–H groups in total. The van der Waals surface area contributed by atoms with E-state index in [1.165, 1.54) is 12.1 Å². The standard InChI is InChI=1S/C26H27F4N3O2/c1-17-3-4-18(11-23(17)27)24(34)32-9-7-25(8-10-32)16-33(14-20(25)15-35-2)21-6-5-19(13-31)22(12-21)26(28,29)30/h3-6,11-12,20H,7-10,14-16H2,1-2H3. The van der Waals surface area contributed by atoms with E-state index in [1.54, 1.807) is 43.2 Å².